The normalized spacial score (nSPS) is 20.1. The van der Waals surface area contributed by atoms with Gasteiger partial charge in [-0.05, 0) is 37.8 Å². The van der Waals surface area contributed by atoms with E-state index >= 15 is 0 Å². The summed E-state index contributed by atoms with van der Waals surface area (Å²) < 4.78 is 23.5. The van der Waals surface area contributed by atoms with Gasteiger partial charge in [0.15, 0.2) is 9.84 Å². The summed E-state index contributed by atoms with van der Waals surface area (Å²) in [6.45, 7) is 0.981. The SMILES string of the molecule is CS(=O)(=O)c1cccc(N2CCCCC2CCO)c1N. The highest BCUT2D eigenvalue weighted by molar-refractivity contribution is 7.90. The molecule has 1 heterocycles. The zero-order chi connectivity index (χ0) is 14.8. The maximum Gasteiger partial charge on any atom is 0.177 e. The molecular formula is C14H22N2O3S. The van der Waals surface area contributed by atoms with E-state index in [9.17, 15) is 13.5 Å². The number of hydrogen-bond acceptors (Lipinski definition) is 5. The number of para-hydroxylation sites is 1. The number of nitrogens with zero attached hydrogens (tertiary/aromatic N) is 1. The van der Waals surface area contributed by atoms with Crippen molar-refractivity contribution in [3.05, 3.63) is 18.2 Å². The van der Waals surface area contributed by atoms with Gasteiger partial charge in [-0.25, -0.2) is 8.42 Å². The molecule has 0 saturated carbocycles. The molecule has 1 aromatic rings. The molecule has 1 aliphatic heterocycles. The van der Waals surface area contributed by atoms with Crippen molar-refractivity contribution >= 4 is 21.2 Å². The third-order valence-corrected chi connectivity index (χ3v) is 5.00. The predicted molar refractivity (Wildman–Crippen MR) is 80.7 cm³/mol. The largest absolute Gasteiger partial charge is 0.396 e. The first-order valence-corrected chi connectivity index (χ1v) is 8.80. The number of rotatable bonds is 4. The van der Waals surface area contributed by atoms with E-state index in [1.54, 1.807) is 12.1 Å². The molecule has 1 aliphatic rings. The molecule has 20 heavy (non-hydrogen) atoms. The van der Waals surface area contributed by atoms with Gasteiger partial charge in [0.2, 0.25) is 0 Å². The fourth-order valence-electron chi connectivity index (χ4n) is 2.87. The molecule has 1 saturated heterocycles. The molecule has 0 aliphatic carbocycles. The predicted octanol–water partition coefficient (Wildman–Crippen LogP) is 1.41. The molecule has 1 atom stereocenters. The highest BCUT2D eigenvalue weighted by Gasteiger charge is 2.25. The van der Waals surface area contributed by atoms with Crippen LogP contribution in [-0.4, -0.2) is 39.0 Å². The first-order chi connectivity index (χ1) is 9.45. The van der Waals surface area contributed by atoms with E-state index in [0.29, 0.717) is 12.1 Å². The molecule has 0 spiro atoms. The topological polar surface area (TPSA) is 83.6 Å². The van der Waals surface area contributed by atoms with Gasteiger partial charge in [-0.3, -0.25) is 0 Å². The monoisotopic (exact) mass is 298 g/mol. The maximum absolute atomic E-state index is 11.8. The molecule has 1 aromatic carbocycles. The van der Waals surface area contributed by atoms with Crippen LogP contribution >= 0.6 is 0 Å². The standard InChI is InChI=1S/C14H22N2O3S/c1-20(18,19)13-7-4-6-12(14(13)15)16-9-3-2-5-11(16)8-10-17/h4,6-7,11,17H,2-3,5,8-10,15H2,1H3. The first kappa shape index (κ1) is 15.1. The minimum absolute atomic E-state index is 0.132. The van der Waals surface area contributed by atoms with Gasteiger partial charge < -0.3 is 15.7 Å². The number of hydrogen-bond donors (Lipinski definition) is 2. The van der Waals surface area contributed by atoms with Crippen LogP contribution in [0.4, 0.5) is 11.4 Å². The van der Waals surface area contributed by atoms with E-state index < -0.39 is 9.84 Å². The van der Waals surface area contributed by atoms with Gasteiger partial charge in [-0.1, -0.05) is 6.07 Å². The van der Waals surface area contributed by atoms with Gasteiger partial charge in [0.25, 0.3) is 0 Å². The van der Waals surface area contributed by atoms with Crippen molar-refractivity contribution in [2.45, 2.75) is 36.6 Å². The summed E-state index contributed by atoms with van der Waals surface area (Å²) in [6, 6.07) is 5.36. The Bertz CT molecular complexity index is 570. The van der Waals surface area contributed by atoms with Crippen molar-refractivity contribution in [1.29, 1.82) is 0 Å². The van der Waals surface area contributed by atoms with E-state index in [0.717, 1.165) is 31.5 Å². The van der Waals surface area contributed by atoms with Gasteiger partial charge in [-0.2, -0.15) is 0 Å². The first-order valence-electron chi connectivity index (χ1n) is 6.91. The number of anilines is 2. The van der Waals surface area contributed by atoms with Crippen molar-refractivity contribution in [2.75, 3.05) is 30.0 Å². The molecule has 6 heteroatoms. The van der Waals surface area contributed by atoms with Crippen molar-refractivity contribution in [3.8, 4) is 0 Å². The van der Waals surface area contributed by atoms with Crippen LogP contribution in [0.5, 0.6) is 0 Å². The summed E-state index contributed by atoms with van der Waals surface area (Å²) in [5.74, 6) is 0. The van der Waals surface area contributed by atoms with Crippen LogP contribution in [0, 0.1) is 0 Å². The van der Waals surface area contributed by atoms with Crippen LogP contribution < -0.4 is 10.6 Å². The lowest BCUT2D eigenvalue weighted by Crippen LogP contribution is -2.40. The number of piperidine rings is 1. The summed E-state index contributed by atoms with van der Waals surface area (Å²) in [5, 5.41) is 9.18. The molecule has 1 unspecified atom stereocenters. The zero-order valence-electron chi connectivity index (χ0n) is 11.7. The zero-order valence-corrected chi connectivity index (χ0v) is 12.6. The Hall–Kier alpha value is -1.27. The Kier molecular flexibility index (Phi) is 4.55. The Balaban J connectivity index is 2.41. The van der Waals surface area contributed by atoms with Crippen LogP contribution in [-0.2, 0) is 9.84 Å². The Labute approximate surface area is 120 Å². The summed E-state index contributed by atoms with van der Waals surface area (Å²) in [4.78, 5) is 2.33. The van der Waals surface area contributed by atoms with Gasteiger partial charge in [0.1, 0.15) is 0 Å². The van der Waals surface area contributed by atoms with Crippen LogP contribution in [0.3, 0.4) is 0 Å². The summed E-state index contributed by atoms with van der Waals surface area (Å²) in [7, 11) is -3.33. The highest BCUT2D eigenvalue weighted by atomic mass is 32.2. The van der Waals surface area contributed by atoms with Crippen molar-refractivity contribution in [2.24, 2.45) is 0 Å². The molecule has 2 rings (SSSR count). The lowest BCUT2D eigenvalue weighted by molar-refractivity contribution is 0.262. The third kappa shape index (κ3) is 3.07. The highest BCUT2D eigenvalue weighted by Crippen LogP contribution is 2.34. The smallest absolute Gasteiger partial charge is 0.177 e. The van der Waals surface area contributed by atoms with Gasteiger partial charge in [-0.15, -0.1) is 0 Å². The van der Waals surface area contributed by atoms with E-state index in [1.807, 2.05) is 6.07 Å². The fraction of sp³-hybridized carbons (Fsp3) is 0.571. The van der Waals surface area contributed by atoms with E-state index in [2.05, 4.69) is 4.90 Å². The summed E-state index contributed by atoms with van der Waals surface area (Å²) in [6.07, 6.45) is 5.05. The molecule has 3 N–H and O–H groups in total. The van der Waals surface area contributed by atoms with Crippen LogP contribution in [0.25, 0.3) is 0 Å². The van der Waals surface area contributed by atoms with Crippen LogP contribution in [0.15, 0.2) is 23.1 Å². The Morgan fingerprint density at radius 1 is 1.40 bits per heavy atom. The van der Waals surface area contributed by atoms with E-state index in [4.69, 9.17) is 5.73 Å². The second kappa shape index (κ2) is 6.01. The van der Waals surface area contributed by atoms with Crippen LogP contribution in [0.1, 0.15) is 25.7 Å². The van der Waals surface area contributed by atoms with E-state index in [1.165, 1.54) is 6.26 Å². The molecule has 5 nitrogen and oxygen atoms in total. The minimum Gasteiger partial charge on any atom is -0.396 e. The minimum atomic E-state index is -3.33. The lowest BCUT2D eigenvalue weighted by Gasteiger charge is -2.38. The summed E-state index contributed by atoms with van der Waals surface area (Å²) >= 11 is 0. The molecule has 0 amide bonds. The number of aliphatic hydroxyl groups is 1. The quantitative estimate of drug-likeness (QED) is 0.821. The van der Waals surface area contributed by atoms with Gasteiger partial charge >= 0.3 is 0 Å². The average molecular weight is 298 g/mol. The van der Waals surface area contributed by atoms with E-state index in [-0.39, 0.29) is 17.5 Å². The lowest BCUT2D eigenvalue weighted by atomic mass is 9.98. The fourth-order valence-corrected chi connectivity index (χ4v) is 3.70. The Morgan fingerprint density at radius 3 is 2.80 bits per heavy atom. The van der Waals surface area contributed by atoms with Crippen molar-refractivity contribution in [3.63, 3.8) is 0 Å². The maximum atomic E-state index is 11.8. The number of aliphatic hydroxyl groups excluding tert-OH is 1. The molecular weight excluding hydrogens is 276 g/mol. The van der Waals surface area contributed by atoms with Crippen LogP contribution in [0.2, 0.25) is 0 Å². The third-order valence-electron chi connectivity index (χ3n) is 3.84. The molecule has 1 fully saturated rings. The molecule has 112 valence electrons. The molecule has 0 bridgehead atoms. The number of nitrogens with two attached hydrogens (primary N) is 1. The average Bonchev–Trinajstić information content (AvgIpc) is 2.39. The molecule has 0 radical (unpaired) electrons. The van der Waals surface area contributed by atoms with Gasteiger partial charge in [0, 0.05) is 25.4 Å². The van der Waals surface area contributed by atoms with Gasteiger partial charge in [0.05, 0.1) is 16.3 Å². The van der Waals surface area contributed by atoms with Crippen molar-refractivity contribution < 1.29 is 13.5 Å². The Morgan fingerprint density at radius 2 is 2.15 bits per heavy atom. The number of benzene rings is 1. The second-order valence-corrected chi connectivity index (χ2v) is 7.30. The molecule has 0 aromatic heterocycles. The second-order valence-electron chi connectivity index (χ2n) is 5.32. The summed E-state index contributed by atoms with van der Waals surface area (Å²) in [5.41, 5.74) is 7.16. The number of nitrogen functional groups attached to an aromatic ring is 1. The number of sulfone groups is 1. The van der Waals surface area contributed by atoms with Crippen molar-refractivity contribution in [1.82, 2.24) is 0 Å².